The minimum Gasteiger partial charge on any atom is -0.382 e. The van der Waals surface area contributed by atoms with Crippen LogP contribution in [-0.4, -0.2) is 25.9 Å². The molecule has 0 heterocycles. The molecule has 0 amide bonds. The number of anilines is 1. The molecule has 1 aromatic rings. The predicted molar refractivity (Wildman–Crippen MR) is 64.2 cm³/mol. The summed E-state index contributed by atoms with van der Waals surface area (Å²) in [6.45, 7) is 1.10. The summed E-state index contributed by atoms with van der Waals surface area (Å²) in [5.41, 5.74) is 1.95. The molecule has 0 aliphatic rings. The molecular weight excluding hydrogens is 299 g/mol. The highest BCUT2D eigenvalue weighted by Crippen LogP contribution is 2.23. The summed E-state index contributed by atoms with van der Waals surface area (Å²) in [5.74, 6) is 0. The summed E-state index contributed by atoms with van der Waals surface area (Å²) in [6.07, 6.45) is -4.26. The van der Waals surface area contributed by atoms with Crippen LogP contribution in [0.1, 0.15) is 5.56 Å². The smallest absolute Gasteiger partial charge is 0.382 e. The lowest BCUT2D eigenvalue weighted by molar-refractivity contribution is -0.172. The van der Waals surface area contributed by atoms with Gasteiger partial charge in [-0.3, -0.25) is 0 Å². The van der Waals surface area contributed by atoms with Crippen molar-refractivity contribution < 1.29 is 17.9 Å². The summed E-state index contributed by atoms with van der Waals surface area (Å²) >= 11 is 3.36. The van der Waals surface area contributed by atoms with E-state index in [0.717, 1.165) is 15.7 Å². The van der Waals surface area contributed by atoms with Crippen LogP contribution in [0.2, 0.25) is 0 Å². The minimum absolute atomic E-state index is 0.0137. The maximum Gasteiger partial charge on any atom is 0.411 e. The Kier molecular flexibility index (Phi) is 5.27. The van der Waals surface area contributed by atoms with Crippen LogP contribution in [0.5, 0.6) is 0 Å². The van der Waals surface area contributed by atoms with Gasteiger partial charge >= 0.3 is 6.18 Å². The number of rotatable bonds is 5. The average molecular weight is 312 g/mol. The van der Waals surface area contributed by atoms with Gasteiger partial charge in [0.1, 0.15) is 6.61 Å². The maximum absolute atomic E-state index is 11.8. The number of ether oxygens (including phenoxy) is 1. The summed E-state index contributed by atoms with van der Waals surface area (Å²) in [4.78, 5) is 0. The first-order chi connectivity index (χ1) is 7.88. The summed E-state index contributed by atoms with van der Waals surface area (Å²) in [7, 11) is 0. The zero-order valence-corrected chi connectivity index (χ0v) is 10.9. The molecule has 0 aliphatic heterocycles. The zero-order valence-electron chi connectivity index (χ0n) is 9.27. The predicted octanol–water partition coefficient (Wildman–Crippen LogP) is 3.75. The van der Waals surface area contributed by atoms with E-state index in [4.69, 9.17) is 0 Å². The van der Waals surface area contributed by atoms with Gasteiger partial charge in [-0.2, -0.15) is 13.2 Å². The second-order valence-corrected chi connectivity index (χ2v) is 4.43. The Morgan fingerprint density at radius 3 is 2.65 bits per heavy atom. The first-order valence-electron chi connectivity index (χ1n) is 5.03. The van der Waals surface area contributed by atoms with Gasteiger partial charge in [-0.15, -0.1) is 0 Å². The molecule has 1 rings (SSSR count). The largest absolute Gasteiger partial charge is 0.411 e. The van der Waals surface area contributed by atoms with Gasteiger partial charge < -0.3 is 10.1 Å². The molecule has 1 aromatic carbocycles. The van der Waals surface area contributed by atoms with Crippen molar-refractivity contribution in [3.63, 3.8) is 0 Å². The Morgan fingerprint density at radius 1 is 1.35 bits per heavy atom. The Balaban J connectivity index is 2.27. The molecule has 1 N–H and O–H groups in total. The van der Waals surface area contributed by atoms with Crippen molar-refractivity contribution in [1.29, 1.82) is 0 Å². The Morgan fingerprint density at radius 2 is 2.06 bits per heavy atom. The number of hydrogen-bond donors (Lipinski definition) is 1. The van der Waals surface area contributed by atoms with Crippen LogP contribution >= 0.6 is 15.9 Å². The van der Waals surface area contributed by atoms with Crippen LogP contribution in [0, 0.1) is 6.92 Å². The SMILES string of the molecule is Cc1ccc(NCCOCC(F)(F)F)c(Br)c1. The molecule has 0 radical (unpaired) electrons. The van der Waals surface area contributed by atoms with E-state index in [-0.39, 0.29) is 6.61 Å². The molecule has 0 aliphatic carbocycles. The standard InChI is InChI=1S/C11H13BrF3NO/c1-8-2-3-10(9(12)6-8)16-4-5-17-7-11(13,14)15/h2-3,6,16H,4-5,7H2,1H3. The second kappa shape index (κ2) is 6.26. The molecule has 96 valence electrons. The number of benzene rings is 1. The van der Waals surface area contributed by atoms with Gasteiger partial charge in [0, 0.05) is 16.7 Å². The Bertz CT molecular complexity index is 368. The topological polar surface area (TPSA) is 21.3 Å². The van der Waals surface area contributed by atoms with E-state index in [1.807, 2.05) is 25.1 Å². The van der Waals surface area contributed by atoms with E-state index < -0.39 is 12.8 Å². The van der Waals surface area contributed by atoms with Crippen molar-refractivity contribution in [3.05, 3.63) is 28.2 Å². The molecule has 17 heavy (non-hydrogen) atoms. The van der Waals surface area contributed by atoms with Gasteiger partial charge in [0.05, 0.1) is 6.61 Å². The van der Waals surface area contributed by atoms with Crippen LogP contribution in [0.4, 0.5) is 18.9 Å². The van der Waals surface area contributed by atoms with E-state index in [1.165, 1.54) is 0 Å². The van der Waals surface area contributed by atoms with Crippen molar-refractivity contribution in [2.24, 2.45) is 0 Å². The molecule has 0 bridgehead atoms. The van der Waals surface area contributed by atoms with Gasteiger partial charge in [-0.1, -0.05) is 6.07 Å². The van der Waals surface area contributed by atoms with E-state index in [1.54, 1.807) is 0 Å². The monoisotopic (exact) mass is 311 g/mol. The first kappa shape index (κ1) is 14.3. The summed E-state index contributed by atoms with van der Waals surface area (Å²) in [6, 6.07) is 5.71. The minimum atomic E-state index is -4.26. The van der Waals surface area contributed by atoms with Crippen molar-refractivity contribution in [2.45, 2.75) is 13.1 Å². The highest BCUT2D eigenvalue weighted by atomic mass is 79.9. The number of aryl methyl sites for hydroxylation is 1. The van der Waals surface area contributed by atoms with Crippen molar-refractivity contribution >= 4 is 21.6 Å². The lowest BCUT2D eigenvalue weighted by atomic mass is 10.2. The number of nitrogens with one attached hydrogen (secondary N) is 1. The van der Waals surface area contributed by atoms with E-state index in [0.29, 0.717) is 6.54 Å². The molecule has 6 heteroatoms. The van der Waals surface area contributed by atoms with E-state index >= 15 is 0 Å². The van der Waals surface area contributed by atoms with Crippen molar-refractivity contribution in [3.8, 4) is 0 Å². The van der Waals surface area contributed by atoms with Crippen LogP contribution in [0.25, 0.3) is 0 Å². The summed E-state index contributed by atoms with van der Waals surface area (Å²) < 4.78 is 40.6. The number of hydrogen-bond acceptors (Lipinski definition) is 2. The Labute approximate surface area is 106 Å². The molecule has 0 saturated heterocycles. The van der Waals surface area contributed by atoms with Gasteiger partial charge in [0.2, 0.25) is 0 Å². The van der Waals surface area contributed by atoms with Crippen molar-refractivity contribution in [2.75, 3.05) is 25.1 Å². The molecule has 0 atom stereocenters. The fourth-order valence-corrected chi connectivity index (χ4v) is 1.84. The van der Waals surface area contributed by atoms with Crippen LogP contribution in [0.15, 0.2) is 22.7 Å². The lowest BCUT2D eigenvalue weighted by Gasteiger charge is -2.10. The molecule has 0 unspecified atom stereocenters. The number of halogens is 4. The van der Waals surface area contributed by atoms with Gasteiger partial charge in [0.15, 0.2) is 0 Å². The summed E-state index contributed by atoms with van der Waals surface area (Å²) in [5, 5.41) is 2.99. The third kappa shape index (κ3) is 5.93. The highest BCUT2D eigenvalue weighted by molar-refractivity contribution is 9.10. The van der Waals surface area contributed by atoms with Gasteiger partial charge in [0.25, 0.3) is 0 Å². The molecule has 0 aromatic heterocycles. The zero-order chi connectivity index (χ0) is 12.9. The van der Waals surface area contributed by atoms with Crippen molar-refractivity contribution in [1.82, 2.24) is 0 Å². The Hall–Kier alpha value is -0.750. The third-order valence-electron chi connectivity index (χ3n) is 1.95. The van der Waals surface area contributed by atoms with Crippen LogP contribution < -0.4 is 5.32 Å². The van der Waals surface area contributed by atoms with Crippen LogP contribution in [-0.2, 0) is 4.74 Å². The molecule has 0 saturated carbocycles. The molecule has 0 fully saturated rings. The van der Waals surface area contributed by atoms with Gasteiger partial charge in [-0.05, 0) is 40.5 Å². The normalized spacial score (nSPS) is 11.6. The van der Waals surface area contributed by atoms with Gasteiger partial charge in [-0.25, -0.2) is 0 Å². The third-order valence-corrected chi connectivity index (χ3v) is 2.61. The maximum atomic E-state index is 11.8. The van der Waals surface area contributed by atoms with Crippen LogP contribution in [0.3, 0.4) is 0 Å². The lowest BCUT2D eigenvalue weighted by Crippen LogP contribution is -2.20. The highest BCUT2D eigenvalue weighted by Gasteiger charge is 2.27. The second-order valence-electron chi connectivity index (χ2n) is 3.58. The molecule has 0 spiro atoms. The van der Waals surface area contributed by atoms with E-state index in [2.05, 4.69) is 26.0 Å². The molecule has 2 nitrogen and oxygen atoms in total. The molecular formula is C11H13BrF3NO. The van der Waals surface area contributed by atoms with E-state index in [9.17, 15) is 13.2 Å². The first-order valence-corrected chi connectivity index (χ1v) is 5.82. The number of alkyl halides is 3. The quantitative estimate of drug-likeness (QED) is 0.836. The fourth-order valence-electron chi connectivity index (χ4n) is 1.21. The average Bonchev–Trinajstić information content (AvgIpc) is 2.18. The fraction of sp³-hybridized carbons (Fsp3) is 0.455.